The van der Waals surface area contributed by atoms with Gasteiger partial charge in [-0.05, 0) is 63.8 Å². The molecule has 1 saturated heterocycles. The van der Waals surface area contributed by atoms with Crippen molar-refractivity contribution in [1.82, 2.24) is 29.4 Å². The predicted molar refractivity (Wildman–Crippen MR) is 145 cm³/mol. The van der Waals surface area contributed by atoms with Gasteiger partial charge in [0, 0.05) is 43.0 Å². The number of rotatable bonds is 7. The van der Waals surface area contributed by atoms with Crippen LogP contribution in [0.1, 0.15) is 63.5 Å². The molecule has 3 N–H and O–H groups in total. The molecule has 0 bridgehead atoms. The summed E-state index contributed by atoms with van der Waals surface area (Å²) in [7, 11) is 0. The van der Waals surface area contributed by atoms with Crippen LogP contribution in [0, 0.1) is 18.6 Å². The highest BCUT2D eigenvalue weighted by atomic mass is 19.1. The summed E-state index contributed by atoms with van der Waals surface area (Å²) in [4.78, 5) is 19.8. The van der Waals surface area contributed by atoms with Crippen molar-refractivity contribution in [3.63, 3.8) is 0 Å². The lowest BCUT2D eigenvalue weighted by Gasteiger charge is -2.36. The number of fused-ring (bicyclic) bond motifs is 1. The van der Waals surface area contributed by atoms with Crippen LogP contribution >= 0.6 is 0 Å². The number of anilines is 2. The summed E-state index contributed by atoms with van der Waals surface area (Å²) >= 11 is 0. The van der Waals surface area contributed by atoms with Gasteiger partial charge in [-0.15, -0.1) is 0 Å². The Morgan fingerprint density at radius 3 is 2.47 bits per heavy atom. The number of nitrogens with zero attached hydrogens (tertiary/aromatic N) is 6. The molecule has 0 saturated carbocycles. The number of halogens is 2. The molecule has 0 radical (unpaired) electrons. The molecule has 10 heteroatoms. The normalized spacial score (nSPS) is 15.9. The van der Waals surface area contributed by atoms with Crippen LogP contribution in [-0.2, 0) is 0 Å². The first-order valence-electron chi connectivity index (χ1n) is 13.2. The average Bonchev–Trinajstić information content (AvgIpc) is 3.24. The van der Waals surface area contributed by atoms with E-state index in [4.69, 9.17) is 5.73 Å². The minimum Gasteiger partial charge on any atom is -0.328 e. The van der Waals surface area contributed by atoms with E-state index in [-0.39, 0.29) is 35.3 Å². The maximum Gasteiger partial charge on any atom is 0.229 e. The van der Waals surface area contributed by atoms with Crippen molar-refractivity contribution in [2.75, 3.05) is 18.4 Å². The Bertz CT molecular complexity index is 1430. The van der Waals surface area contributed by atoms with E-state index < -0.39 is 11.6 Å². The molecular formula is C28H34F2N8. The van der Waals surface area contributed by atoms with Crippen LogP contribution in [0.5, 0.6) is 0 Å². The molecule has 1 aliphatic rings. The van der Waals surface area contributed by atoms with Crippen LogP contribution in [0.2, 0.25) is 0 Å². The number of piperidine rings is 1. The fourth-order valence-electron chi connectivity index (χ4n) is 5.41. The van der Waals surface area contributed by atoms with Gasteiger partial charge in [-0.1, -0.05) is 13.0 Å². The Morgan fingerprint density at radius 1 is 1.05 bits per heavy atom. The van der Waals surface area contributed by atoms with Crippen molar-refractivity contribution in [3.05, 3.63) is 59.7 Å². The summed E-state index contributed by atoms with van der Waals surface area (Å²) in [5.74, 6) is 0.243. The largest absolute Gasteiger partial charge is 0.328 e. The first-order chi connectivity index (χ1) is 18.2. The summed E-state index contributed by atoms with van der Waals surface area (Å²) in [5.41, 5.74) is 8.38. The van der Waals surface area contributed by atoms with Gasteiger partial charge in [-0.2, -0.15) is 0 Å². The maximum atomic E-state index is 15.0. The molecule has 0 spiro atoms. The number of benzene rings is 1. The Morgan fingerprint density at radius 2 is 1.82 bits per heavy atom. The zero-order valence-electron chi connectivity index (χ0n) is 22.2. The van der Waals surface area contributed by atoms with Crippen molar-refractivity contribution in [1.29, 1.82) is 0 Å². The number of hydrogen-bond acceptors (Lipinski definition) is 7. The number of nitrogens with two attached hydrogens (primary N) is 1. The molecule has 8 nitrogen and oxygen atoms in total. The minimum absolute atomic E-state index is 0.00318. The number of nitrogens with one attached hydrogen (secondary N) is 1. The van der Waals surface area contributed by atoms with Crippen molar-refractivity contribution < 1.29 is 8.78 Å². The molecule has 0 unspecified atom stereocenters. The molecule has 4 heterocycles. The molecule has 0 amide bonds. The molecule has 38 heavy (non-hydrogen) atoms. The van der Waals surface area contributed by atoms with Crippen LogP contribution in [0.4, 0.5) is 20.5 Å². The lowest BCUT2D eigenvalue weighted by Crippen LogP contribution is -2.41. The van der Waals surface area contributed by atoms with E-state index in [0.717, 1.165) is 44.1 Å². The summed E-state index contributed by atoms with van der Waals surface area (Å²) in [6, 6.07) is 7.53. The SMILES string of the molecule is CC[C@H](c1ccc(Nc2ncc(F)c(-c3cc(F)c4nc(C)n(C(C)C)c4c3)n2)nc1)N1CCC(N)CC1. The highest BCUT2D eigenvalue weighted by Gasteiger charge is 2.24. The predicted octanol–water partition coefficient (Wildman–Crippen LogP) is 5.67. The quantitative estimate of drug-likeness (QED) is 0.324. The van der Waals surface area contributed by atoms with Gasteiger partial charge < -0.3 is 15.6 Å². The second kappa shape index (κ2) is 10.7. The smallest absolute Gasteiger partial charge is 0.229 e. The summed E-state index contributed by atoms with van der Waals surface area (Å²) in [6.07, 6.45) is 5.92. The van der Waals surface area contributed by atoms with E-state index in [0.29, 0.717) is 22.7 Å². The lowest BCUT2D eigenvalue weighted by atomic mass is 9.99. The van der Waals surface area contributed by atoms with Crippen molar-refractivity contribution in [3.8, 4) is 11.3 Å². The number of aryl methyl sites for hydroxylation is 1. The van der Waals surface area contributed by atoms with E-state index in [9.17, 15) is 8.78 Å². The molecule has 1 atom stereocenters. The van der Waals surface area contributed by atoms with Crippen molar-refractivity contribution in [2.45, 2.75) is 65.1 Å². The van der Waals surface area contributed by atoms with E-state index >= 15 is 0 Å². The third-order valence-corrected chi connectivity index (χ3v) is 7.27. The van der Waals surface area contributed by atoms with Gasteiger partial charge in [-0.25, -0.2) is 28.7 Å². The fraction of sp³-hybridized carbons (Fsp3) is 0.429. The van der Waals surface area contributed by atoms with Gasteiger partial charge in [-0.3, -0.25) is 4.90 Å². The monoisotopic (exact) mass is 520 g/mol. The second-order valence-corrected chi connectivity index (χ2v) is 10.2. The Balaban J connectivity index is 1.40. The summed E-state index contributed by atoms with van der Waals surface area (Å²) in [5, 5.41) is 3.05. The van der Waals surface area contributed by atoms with Gasteiger partial charge in [0.1, 0.15) is 22.9 Å². The summed E-state index contributed by atoms with van der Waals surface area (Å²) in [6.45, 7) is 9.96. The Labute approximate surface area is 221 Å². The molecule has 5 rings (SSSR count). The van der Waals surface area contributed by atoms with E-state index in [1.165, 1.54) is 6.07 Å². The van der Waals surface area contributed by atoms with Gasteiger partial charge in [0.15, 0.2) is 11.6 Å². The van der Waals surface area contributed by atoms with E-state index in [1.807, 2.05) is 43.7 Å². The zero-order valence-corrected chi connectivity index (χ0v) is 22.2. The van der Waals surface area contributed by atoms with Crippen LogP contribution in [0.3, 0.4) is 0 Å². The number of pyridine rings is 1. The third-order valence-electron chi connectivity index (χ3n) is 7.27. The number of imidazole rings is 1. The molecule has 1 fully saturated rings. The molecular weight excluding hydrogens is 486 g/mol. The van der Waals surface area contributed by atoms with Crippen molar-refractivity contribution >= 4 is 22.8 Å². The van der Waals surface area contributed by atoms with Gasteiger partial charge in [0.2, 0.25) is 5.95 Å². The van der Waals surface area contributed by atoms with Crippen LogP contribution < -0.4 is 11.1 Å². The zero-order chi connectivity index (χ0) is 27.0. The minimum atomic E-state index is -0.642. The fourth-order valence-corrected chi connectivity index (χ4v) is 5.41. The maximum absolute atomic E-state index is 15.0. The third kappa shape index (κ3) is 5.10. The molecule has 1 aliphatic heterocycles. The molecule has 3 aromatic heterocycles. The first-order valence-corrected chi connectivity index (χ1v) is 13.2. The molecule has 4 aromatic rings. The van der Waals surface area contributed by atoms with Gasteiger partial charge >= 0.3 is 0 Å². The first kappa shape index (κ1) is 26.1. The summed E-state index contributed by atoms with van der Waals surface area (Å²) < 4.78 is 31.7. The van der Waals surface area contributed by atoms with E-state index in [1.54, 1.807) is 6.07 Å². The highest BCUT2D eigenvalue weighted by Crippen LogP contribution is 2.31. The van der Waals surface area contributed by atoms with Crippen LogP contribution in [0.15, 0.2) is 36.7 Å². The van der Waals surface area contributed by atoms with Gasteiger partial charge in [0.25, 0.3) is 0 Å². The Kier molecular flexibility index (Phi) is 7.36. The molecule has 0 aliphatic carbocycles. The standard InChI is InChI=1S/C28H34F2N8/c1-5-23(37-10-8-20(31)9-11-37)18-6-7-25(32-14-18)35-28-33-15-22(30)26(36-28)19-12-21(29)27-24(13-19)38(16(2)3)17(4)34-27/h6-7,12-16,20,23H,5,8-11,31H2,1-4H3,(H,32,33,35,36)/t23-/m1/s1. The highest BCUT2D eigenvalue weighted by molar-refractivity contribution is 5.83. The molecule has 1 aromatic carbocycles. The lowest BCUT2D eigenvalue weighted by molar-refractivity contribution is 0.149. The van der Waals surface area contributed by atoms with Crippen LogP contribution in [0.25, 0.3) is 22.3 Å². The van der Waals surface area contributed by atoms with Gasteiger partial charge in [0.05, 0.1) is 11.7 Å². The van der Waals surface area contributed by atoms with Crippen LogP contribution in [-0.4, -0.2) is 48.5 Å². The topological polar surface area (TPSA) is 97.8 Å². The number of aromatic nitrogens is 5. The average molecular weight is 521 g/mol. The van der Waals surface area contributed by atoms with Crippen molar-refractivity contribution in [2.24, 2.45) is 5.73 Å². The van der Waals surface area contributed by atoms with E-state index in [2.05, 4.69) is 37.1 Å². The Hall–Kier alpha value is -3.50. The number of hydrogen-bond donors (Lipinski definition) is 2. The second-order valence-electron chi connectivity index (χ2n) is 10.2. The number of likely N-dealkylation sites (tertiary alicyclic amines) is 1. The molecule has 200 valence electrons.